The molecule has 0 bridgehead atoms. The summed E-state index contributed by atoms with van der Waals surface area (Å²) in [6.45, 7) is 8.75. The number of β-lactam (4-membered cyclic amide) rings is 2. The average Bonchev–Trinajstić information content (AvgIpc) is 3.22. The van der Waals surface area contributed by atoms with E-state index in [4.69, 9.17) is 18.9 Å². The molecule has 2 aliphatic heterocycles. The van der Waals surface area contributed by atoms with Crippen molar-refractivity contribution in [1.82, 2.24) is 9.80 Å². The van der Waals surface area contributed by atoms with Crippen molar-refractivity contribution in [2.45, 2.75) is 24.3 Å². The minimum absolute atomic E-state index is 0.171. The second kappa shape index (κ2) is 15.2. The SMILES string of the molecule is C=CCOc1ccccc1[C@@H]1[C@H](Oc2ccc3ccccc3c2)C(=O)N1CCN1C(=O)[C@H](Oc2ccc3ccccc3c2)[C@@H]1c1ccccc1OCC=C. The van der Waals surface area contributed by atoms with Crippen molar-refractivity contribution < 1.29 is 28.5 Å². The summed E-state index contributed by atoms with van der Waals surface area (Å²) in [5, 5.41) is 4.20. The van der Waals surface area contributed by atoms with E-state index in [2.05, 4.69) is 13.2 Å². The third kappa shape index (κ3) is 6.63. The fraction of sp³-hybridized carbons (Fsp3) is 0.174. The van der Waals surface area contributed by atoms with E-state index >= 15 is 0 Å². The van der Waals surface area contributed by atoms with E-state index in [1.165, 1.54) is 0 Å². The molecule has 0 radical (unpaired) electrons. The smallest absolute Gasteiger partial charge is 0.266 e. The number of likely N-dealkylation sites (tertiary alicyclic amines) is 2. The number of para-hydroxylation sites is 2. The van der Waals surface area contributed by atoms with E-state index in [0.717, 1.165) is 32.7 Å². The Labute approximate surface area is 314 Å². The summed E-state index contributed by atoms with van der Waals surface area (Å²) < 4.78 is 25.0. The Hall–Kier alpha value is -6.54. The zero-order valence-corrected chi connectivity index (χ0v) is 29.8. The van der Waals surface area contributed by atoms with Crippen molar-refractivity contribution >= 4 is 33.4 Å². The predicted octanol–water partition coefficient (Wildman–Crippen LogP) is 8.48. The highest BCUT2D eigenvalue weighted by Gasteiger charge is 2.54. The number of carbonyl (C=O) groups excluding carboxylic acids is 2. The molecule has 0 aliphatic carbocycles. The summed E-state index contributed by atoms with van der Waals surface area (Å²) in [5.41, 5.74) is 1.63. The number of rotatable bonds is 15. The summed E-state index contributed by atoms with van der Waals surface area (Å²) in [6.07, 6.45) is 1.79. The van der Waals surface area contributed by atoms with Crippen LogP contribution in [0.15, 0.2) is 159 Å². The van der Waals surface area contributed by atoms with Crippen LogP contribution in [0.3, 0.4) is 0 Å². The van der Waals surface area contributed by atoms with Crippen LogP contribution in [0.1, 0.15) is 23.2 Å². The van der Waals surface area contributed by atoms with Crippen LogP contribution in [0.5, 0.6) is 23.0 Å². The number of hydrogen-bond donors (Lipinski definition) is 0. The van der Waals surface area contributed by atoms with Gasteiger partial charge >= 0.3 is 0 Å². The molecule has 2 heterocycles. The van der Waals surface area contributed by atoms with Gasteiger partial charge in [0, 0.05) is 24.2 Å². The minimum atomic E-state index is -0.792. The number of carbonyl (C=O) groups is 2. The molecule has 8 rings (SSSR count). The molecule has 2 saturated heterocycles. The van der Waals surface area contributed by atoms with Crippen molar-refractivity contribution in [1.29, 1.82) is 0 Å². The van der Waals surface area contributed by atoms with Crippen molar-refractivity contribution in [2.24, 2.45) is 0 Å². The standard InChI is InChI=1S/C46H40N2O6/c1-3-27-51-39-19-11-9-17-37(39)41-43(53-35-23-21-31-13-5-7-15-33(31)29-35)45(49)47(41)25-26-48-42(38-18-10-12-20-40(38)52-28-4-2)44(46(48)50)54-36-24-22-32-14-6-8-16-34(32)30-36/h3-24,29-30,41-44H,1-2,25-28H2/t41-,42+,43+,44-. The van der Waals surface area contributed by atoms with Crippen molar-refractivity contribution in [3.05, 3.63) is 170 Å². The summed E-state index contributed by atoms with van der Waals surface area (Å²) in [7, 11) is 0. The quantitative estimate of drug-likeness (QED) is 0.0784. The Kier molecular flexibility index (Phi) is 9.73. The number of hydrogen-bond acceptors (Lipinski definition) is 6. The van der Waals surface area contributed by atoms with Crippen LogP contribution >= 0.6 is 0 Å². The highest BCUT2D eigenvalue weighted by atomic mass is 16.5. The van der Waals surface area contributed by atoms with Gasteiger partial charge in [-0.25, -0.2) is 0 Å². The van der Waals surface area contributed by atoms with Gasteiger partial charge in [-0.05, 0) is 57.9 Å². The van der Waals surface area contributed by atoms with E-state index in [-0.39, 0.29) is 24.9 Å². The lowest BCUT2D eigenvalue weighted by atomic mass is 9.88. The molecule has 8 nitrogen and oxygen atoms in total. The number of fused-ring (bicyclic) bond motifs is 2. The molecule has 6 aromatic carbocycles. The molecule has 2 amide bonds. The largest absolute Gasteiger partial charge is 0.489 e. The summed E-state index contributed by atoms with van der Waals surface area (Å²) in [6, 6.07) is 42.1. The lowest BCUT2D eigenvalue weighted by Gasteiger charge is -2.51. The van der Waals surface area contributed by atoms with Gasteiger partial charge in [-0.2, -0.15) is 0 Å². The van der Waals surface area contributed by atoms with E-state index in [1.54, 1.807) is 22.0 Å². The molecule has 0 N–H and O–H groups in total. The summed E-state index contributed by atoms with van der Waals surface area (Å²) in [4.78, 5) is 31.7. The van der Waals surface area contributed by atoms with Crippen LogP contribution in [-0.4, -0.2) is 60.1 Å². The fourth-order valence-electron chi connectivity index (χ4n) is 7.42. The molecule has 8 heteroatoms. The first kappa shape index (κ1) is 34.5. The molecular weight excluding hydrogens is 677 g/mol. The Balaban J connectivity index is 1.08. The van der Waals surface area contributed by atoms with Crippen molar-refractivity contribution in [2.75, 3.05) is 26.3 Å². The first-order chi connectivity index (χ1) is 26.5. The summed E-state index contributed by atoms with van der Waals surface area (Å²) in [5.74, 6) is 2.14. The number of benzene rings is 6. The molecule has 6 aromatic rings. The molecule has 0 unspecified atom stereocenters. The van der Waals surface area contributed by atoms with Crippen LogP contribution in [0.4, 0.5) is 0 Å². The van der Waals surface area contributed by atoms with Crippen molar-refractivity contribution in [3.63, 3.8) is 0 Å². The lowest BCUT2D eigenvalue weighted by molar-refractivity contribution is -0.172. The molecule has 0 aromatic heterocycles. The molecule has 4 atom stereocenters. The molecule has 2 aliphatic rings. The first-order valence-corrected chi connectivity index (χ1v) is 18.1. The zero-order chi connectivity index (χ0) is 37.0. The van der Waals surface area contributed by atoms with Crippen LogP contribution in [0, 0.1) is 0 Å². The lowest BCUT2D eigenvalue weighted by Crippen LogP contribution is -2.66. The fourth-order valence-corrected chi connectivity index (χ4v) is 7.42. The average molecular weight is 717 g/mol. The molecule has 2 fully saturated rings. The van der Waals surface area contributed by atoms with E-state index in [9.17, 15) is 9.59 Å². The monoisotopic (exact) mass is 716 g/mol. The molecule has 0 saturated carbocycles. The first-order valence-electron chi connectivity index (χ1n) is 18.1. The van der Waals surface area contributed by atoms with Gasteiger partial charge in [-0.3, -0.25) is 9.59 Å². The maximum atomic E-state index is 14.1. The van der Waals surface area contributed by atoms with Crippen LogP contribution in [0.2, 0.25) is 0 Å². The Morgan fingerprint density at radius 2 is 0.889 bits per heavy atom. The zero-order valence-electron chi connectivity index (χ0n) is 29.8. The van der Waals surface area contributed by atoms with Crippen LogP contribution in [-0.2, 0) is 9.59 Å². The molecular formula is C46H40N2O6. The minimum Gasteiger partial charge on any atom is -0.489 e. The van der Waals surface area contributed by atoms with Gasteiger partial charge in [0.25, 0.3) is 11.8 Å². The van der Waals surface area contributed by atoms with Crippen LogP contribution < -0.4 is 18.9 Å². The number of ether oxygens (including phenoxy) is 4. The summed E-state index contributed by atoms with van der Waals surface area (Å²) >= 11 is 0. The van der Waals surface area contributed by atoms with Gasteiger partial charge in [0.1, 0.15) is 48.3 Å². The second-order valence-electron chi connectivity index (χ2n) is 13.3. The van der Waals surface area contributed by atoms with Gasteiger partial charge < -0.3 is 28.7 Å². The molecule has 54 heavy (non-hydrogen) atoms. The van der Waals surface area contributed by atoms with E-state index in [1.807, 2.05) is 133 Å². The molecule has 0 spiro atoms. The second-order valence-corrected chi connectivity index (χ2v) is 13.3. The van der Waals surface area contributed by atoms with Gasteiger partial charge in [-0.1, -0.05) is 122 Å². The third-order valence-electron chi connectivity index (χ3n) is 10.0. The van der Waals surface area contributed by atoms with Gasteiger partial charge in [0.05, 0.1) is 0 Å². The topological polar surface area (TPSA) is 77.5 Å². The van der Waals surface area contributed by atoms with E-state index in [0.29, 0.717) is 36.2 Å². The van der Waals surface area contributed by atoms with Crippen LogP contribution in [0.25, 0.3) is 21.5 Å². The Morgan fingerprint density at radius 1 is 0.500 bits per heavy atom. The normalized spacial score (nSPS) is 19.2. The predicted molar refractivity (Wildman–Crippen MR) is 210 cm³/mol. The Morgan fingerprint density at radius 3 is 1.31 bits per heavy atom. The third-order valence-corrected chi connectivity index (χ3v) is 10.0. The molecule has 270 valence electrons. The number of nitrogens with zero attached hydrogens (tertiary/aromatic N) is 2. The Bertz CT molecular complexity index is 2190. The van der Waals surface area contributed by atoms with Gasteiger partial charge in [-0.15, -0.1) is 0 Å². The van der Waals surface area contributed by atoms with Gasteiger partial charge in [0.2, 0.25) is 12.2 Å². The maximum Gasteiger partial charge on any atom is 0.266 e. The van der Waals surface area contributed by atoms with E-state index < -0.39 is 24.3 Å². The highest BCUT2D eigenvalue weighted by Crippen LogP contribution is 2.45. The number of amides is 2. The van der Waals surface area contributed by atoms with Gasteiger partial charge in [0.15, 0.2) is 0 Å². The maximum absolute atomic E-state index is 14.1. The highest BCUT2D eigenvalue weighted by molar-refractivity contribution is 5.92. The van der Waals surface area contributed by atoms with Crippen molar-refractivity contribution in [3.8, 4) is 23.0 Å².